The van der Waals surface area contributed by atoms with Gasteiger partial charge in [0.05, 0.1) is 24.0 Å². The van der Waals surface area contributed by atoms with Gasteiger partial charge in [-0.2, -0.15) is 0 Å². The lowest BCUT2D eigenvalue weighted by atomic mass is 9.87. The predicted molar refractivity (Wildman–Crippen MR) is 96.6 cm³/mol. The highest BCUT2D eigenvalue weighted by Crippen LogP contribution is 2.44. The smallest absolute Gasteiger partial charge is 0.250 e. The summed E-state index contributed by atoms with van der Waals surface area (Å²) in [6.45, 7) is 0.894. The fourth-order valence-electron chi connectivity index (χ4n) is 4.15. The number of hydrogen-bond acceptors (Lipinski definition) is 5. The highest BCUT2D eigenvalue weighted by molar-refractivity contribution is 7.88. The number of nitrogens with zero attached hydrogens (tertiary/aromatic N) is 2. The third-order valence-corrected chi connectivity index (χ3v) is 6.75. The standard InChI is InChI=1S/C18H23N3O4S/c1-26(23,24)21-10-6-13(7-11-21)20-18(22)17-15-3-2-14(25-15)16(17)12-4-8-19-9-5-12/h4-5,8-9,13-15H,2-3,6-7,10-11H2,1H3,(H,20,22)/t14-,15+/m0/s1. The number of rotatable bonds is 4. The molecular formula is C18H23N3O4S. The number of amides is 1. The van der Waals surface area contributed by atoms with Gasteiger partial charge in [0.2, 0.25) is 15.9 Å². The topological polar surface area (TPSA) is 88.6 Å². The molecule has 3 aliphatic heterocycles. The number of fused-ring (bicyclic) bond motifs is 2. The Morgan fingerprint density at radius 2 is 1.81 bits per heavy atom. The molecule has 2 atom stereocenters. The summed E-state index contributed by atoms with van der Waals surface area (Å²) in [5.41, 5.74) is 2.71. The summed E-state index contributed by atoms with van der Waals surface area (Å²) >= 11 is 0. The molecule has 2 bridgehead atoms. The van der Waals surface area contributed by atoms with E-state index in [4.69, 9.17) is 4.74 Å². The molecule has 2 saturated heterocycles. The van der Waals surface area contributed by atoms with Crippen LogP contribution in [-0.4, -0.2) is 61.2 Å². The minimum Gasteiger partial charge on any atom is -0.365 e. The van der Waals surface area contributed by atoms with Gasteiger partial charge in [0, 0.05) is 31.5 Å². The average Bonchev–Trinajstić information content (AvgIpc) is 3.23. The fraction of sp³-hybridized carbons (Fsp3) is 0.556. The number of hydrogen-bond donors (Lipinski definition) is 1. The zero-order valence-electron chi connectivity index (χ0n) is 14.7. The second kappa shape index (κ2) is 6.75. The summed E-state index contributed by atoms with van der Waals surface area (Å²) in [5.74, 6) is -0.0817. The molecule has 8 heteroatoms. The van der Waals surface area contributed by atoms with Crippen LogP contribution >= 0.6 is 0 Å². The van der Waals surface area contributed by atoms with Crippen LogP contribution in [0.15, 0.2) is 30.1 Å². The maximum atomic E-state index is 13.0. The van der Waals surface area contributed by atoms with E-state index in [0.29, 0.717) is 25.9 Å². The van der Waals surface area contributed by atoms with Crippen LogP contribution in [0, 0.1) is 0 Å². The lowest BCUT2D eigenvalue weighted by molar-refractivity contribution is -0.119. The summed E-state index contributed by atoms with van der Waals surface area (Å²) < 4.78 is 30.7. The molecule has 3 aliphatic rings. The van der Waals surface area contributed by atoms with Crippen molar-refractivity contribution >= 4 is 21.5 Å². The number of ether oxygens (including phenoxy) is 1. The van der Waals surface area contributed by atoms with Crippen molar-refractivity contribution in [2.75, 3.05) is 19.3 Å². The Balaban J connectivity index is 1.50. The predicted octanol–water partition coefficient (Wildman–Crippen LogP) is 0.937. The number of pyridine rings is 1. The third kappa shape index (κ3) is 3.28. The number of nitrogens with one attached hydrogen (secondary N) is 1. The van der Waals surface area contributed by atoms with Crippen molar-refractivity contribution in [2.45, 2.75) is 43.9 Å². The molecule has 7 nitrogen and oxygen atoms in total. The van der Waals surface area contributed by atoms with E-state index in [1.54, 1.807) is 12.4 Å². The Kier molecular flexibility index (Phi) is 4.58. The molecule has 2 fully saturated rings. The van der Waals surface area contributed by atoms with Gasteiger partial charge < -0.3 is 10.1 Å². The minimum atomic E-state index is -3.16. The quantitative estimate of drug-likeness (QED) is 0.844. The van der Waals surface area contributed by atoms with Gasteiger partial charge in [-0.15, -0.1) is 0 Å². The molecule has 1 aromatic rings. The van der Waals surface area contributed by atoms with Crippen molar-refractivity contribution in [2.24, 2.45) is 0 Å². The molecule has 1 N–H and O–H groups in total. The first-order valence-corrected chi connectivity index (χ1v) is 10.8. The van der Waals surface area contributed by atoms with Gasteiger partial charge >= 0.3 is 0 Å². The van der Waals surface area contributed by atoms with Gasteiger partial charge in [-0.1, -0.05) is 0 Å². The van der Waals surface area contributed by atoms with E-state index in [1.807, 2.05) is 12.1 Å². The second-order valence-electron chi connectivity index (χ2n) is 7.16. The number of sulfonamides is 1. The van der Waals surface area contributed by atoms with Crippen molar-refractivity contribution in [3.63, 3.8) is 0 Å². The molecule has 0 radical (unpaired) electrons. The summed E-state index contributed by atoms with van der Waals surface area (Å²) in [7, 11) is -3.16. The lowest BCUT2D eigenvalue weighted by Gasteiger charge is -2.31. The van der Waals surface area contributed by atoms with E-state index in [-0.39, 0.29) is 24.2 Å². The van der Waals surface area contributed by atoms with Gasteiger partial charge in [0.15, 0.2) is 0 Å². The summed E-state index contributed by atoms with van der Waals surface area (Å²) in [4.78, 5) is 17.0. The zero-order valence-corrected chi connectivity index (χ0v) is 15.5. The van der Waals surface area contributed by atoms with Crippen molar-refractivity contribution in [1.82, 2.24) is 14.6 Å². The van der Waals surface area contributed by atoms with Gasteiger partial charge in [0.25, 0.3) is 0 Å². The first-order valence-electron chi connectivity index (χ1n) is 8.99. The Morgan fingerprint density at radius 3 is 2.46 bits per heavy atom. The van der Waals surface area contributed by atoms with Crippen molar-refractivity contribution in [3.05, 3.63) is 35.7 Å². The highest BCUT2D eigenvalue weighted by atomic mass is 32.2. The molecule has 26 heavy (non-hydrogen) atoms. The molecular weight excluding hydrogens is 354 g/mol. The minimum absolute atomic E-state index is 0.00850. The zero-order chi connectivity index (χ0) is 18.3. The van der Waals surface area contributed by atoms with E-state index in [9.17, 15) is 13.2 Å². The molecule has 0 saturated carbocycles. The monoisotopic (exact) mass is 377 g/mol. The van der Waals surface area contributed by atoms with E-state index in [2.05, 4.69) is 10.3 Å². The molecule has 0 unspecified atom stereocenters. The Labute approximate surface area is 153 Å². The number of piperidine rings is 1. The van der Waals surface area contributed by atoms with Gasteiger partial charge in [-0.05, 0) is 49.0 Å². The molecule has 0 aromatic carbocycles. The number of carbonyl (C=O) groups excluding carboxylic acids is 1. The summed E-state index contributed by atoms with van der Waals surface area (Å²) in [5, 5.41) is 3.10. The molecule has 4 rings (SSSR count). The SMILES string of the molecule is CS(=O)(=O)N1CCC(NC(=O)C2=C(c3ccncc3)[C@@H]3CC[C@H]2O3)CC1. The maximum Gasteiger partial charge on any atom is 0.250 e. The second-order valence-corrected chi connectivity index (χ2v) is 9.15. The summed E-state index contributed by atoms with van der Waals surface area (Å²) in [6, 6.07) is 3.82. The molecule has 0 spiro atoms. The number of aromatic nitrogens is 1. The lowest BCUT2D eigenvalue weighted by Crippen LogP contribution is -2.47. The normalized spacial score (nSPS) is 27.1. The van der Waals surface area contributed by atoms with Crippen LogP contribution in [0.5, 0.6) is 0 Å². The molecule has 140 valence electrons. The Hall–Kier alpha value is -1.77. The molecule has 1 amide bonds. The van der Waals surface area contributed by atoms with Crippen LogP contribution in [0.2, 0.25) is 0 Å². The third-order valence-electron chi connectivity index (χ3n) is 5.45. The molecule has 1 aromatic heterocycles. The first kappa shape index (κ1) is 17.6. The molecule has 4 heterocycles. The first-order chi connectivity index (χ1) is 12.4. The number of carbonyl (C=O) groups is 1. The van der Waals surface area contributed by atoms with Crippen molar-refractivity contribution in [1.29, 1.82) is 0 Å². The molecule has 0 aliphatic carbocycles. The van der Waals surface area contributed by atoms with E-state index in [0.717, 1.165) is 29.6 Å². The fourth-order valence-corrected chi connectivity index (χ4v) is 5.02. The van der Waals surface area contributed by atoms with Crippen LogP contribution in [0.3, 0.4) is 0 Å². The Bertz CT molecular complexity index is 829. The van der Waals surface area contributed by atoms with Crippen molar-refractivity contribution in [3.8, 4) is 0 Å². The van der Waals surface area contributed by atoms with Gasteiger partial charge in [-0.25, -0.2) is 12.7 Å². The van der Waals surface area contributed by atoms with Crippen LogP contribution < -0.4 is 5.32 Å². The Morgan fingerprint density at radius 1 is 1.15 bits per heavy atom. The van der Waals surface area contributed by atoms with E-state index >= 15 is 0 Å². The van der Waals surface area contributed by atoms with E-state index in [1.165, 1.54) is 10.6 Å². The van der Waals surface area contributed by atoms with Crippen LogP contribution in [0.4, 0.5) is 0 Å². The highest BCUT2D eigenvalue weighted by Gasteiger charge is 2.44. The van der Waals surface area contributed by atoms with E-state index < -0.39 is 10.0 Å². The largest absolute Gasteiger partial charge is 0.365 e. The average molecular weight is 377 g/mol. The van der Waals surface area contributed by atoms with Crippen LogP contribution in [-0.2, 0) is 19.6 Å². The van der Waals surface area contributed by atoms with Gasteiger partial charge in [0.1, 0.15) is 0 Å². The van der Waals surface area contributed by atoms with Crippen LogP contribution in [0.25, 0.3) is 5.57 Å². The van der Waals surface area contributed by atoms with Gasteiger partial charge in [-0.3, -0.25) is 9.78 Å². The van der Waals surface area contributed by atoms with Crippen LogP contribution in [0.1, 0.15) is 31.2 Å². The van der Waals surface area contributed by atoms with Crippen molar-refractivity contribution < 1.29 is 17.9 Å². The summed E-state index contributed by atoms with van der Waals surface area (Å²) in [6.07, 6.45) is 7.59. The maximum absolute atomic E-state index is 13.0.